The molecule has 0 fully saturated rings. The molecule has 2 aromatic carbocycles. The van der Waals surface area contributed by atoms with E-state index in [1.54, 1.807) is 11.3 Å². The molecular weight excluding hydrogens is 224 g/mol. The van der Waals surface area contributed by atoms with E-state index in [1.807, 2.05) is 6.07 Å². The maximum atomic E-state index is 6.06. The Morgan fingerprint density at radius 1 is 1.07 bits per heavy atom. The molecule has 0 unspecified atom stereocenters. The number of fused-ring (bicyclic) bond motifs is 3. The molecule has 0 atom stereocenters. The molecule has 0 saturated heterocycles. The Labute approximate surface area is 97.1 Å². The van der Waals surface area contributed by atoms with Crippen LogP contribution >= 0.6 is 22.9 Å². The summed E-state index contributed by atoms with van der Waals surface area (Å²) in [7, 11) is 0. The van der Waals surface area contributed by atoms with Crippen LogP contribution in [0.4, 0.5) is 0 Å². The minimum atomic E-state index is 0.826. The third kappa shape index (κ3) is 1.35. The van der Waals surface area contributed by atoms with Crippen LogP contribution in [0.2, 0.25) is 5.02 Å². The summed E-state index contributed by atoms with van der Waals surface area (Å²) >= 11 is 7.86. The average molecular weight is 233 g/mol. The highest BCUT2D eigenvalue weighted by molar-refractivity contribution is 7.25. The maximum Gasteiger partial charge on any atom is 0.0423 e. The van der Waals surface area contributed by atoms with Crippen molar-refractivity contribution in [3.63, 3.8) is 0 Å². The van der Waals surface area contributed by atoms with Gasteiger partial charge < -0.3 is 0 Å². The zero-order valence-electron chi connectivity index (χ0n) is 8.25. The average Bonchev–Trinajstić information content (AvgIpc) is 2.54. The predicted molar refractivity (Wildman–Crippen MR) is 69.1 cm³/mol. The van der Waals surface area contributed by atoms with Crippen LogP contribution < -0.4 is 0 Å². The van der Waals surface area contributed by atoms with Gasteiger partial charge in [-0.25, -0.2) is 0 Å². The number of rotatable bonds is 0. The van der Waals surface area contributed by atoms with Gasteiger partial charge in [0.25, 0.3) is 0 Å². The molecular formula is C13H9ClS. The fraction of sp³-hybridized carbons (Fsp3) is 0.0769. The van der Waals surface area contributed by atoms with Crippen LogP contribution in [0.15, 0.2) is 36.4 Å². The van der Waals surface area contributed by atoms with Crippen LogP contribution in [-0.4, -0.2) is 0 Å². The predicted octanol–water partition coefficient (Wildman–Crippen LogP) is 5.02. The van der Waals surface area contributed by atoms with Crippen LogP contribution in [0.25, 0.3) is 20.2 Å². The summed E-state index contributed by atoms with van der Waals surface area (Å²) in [6.07, 6.45) is 0. The lowest BCUT2D eigenvalue weighted by molar-refractivity contribution is 1.55. The molecule has 0 aliphatic carbocycles. The van der Waals surface area contributed by atoms with E-state index in [1.165, 1.54) is 25.7 Å². The van der Waals surface area contributed by atoms with Crippen molar-refractivity contribution >= 4 is 43.1 Å². The Balaban J connectivity index is 2.61. The van der Waals surface area contributed by atoms with Gasteiger partial charge in [0.05, 0.1) is 0 Å². The van der Waals surface area contributed by atoms with Crippen LogP contribution in [0.5, 0.6) is 0 Å². The molecule has 0 amide bonds. The molecule has 3 aromatic rings. The third-order valence-corrected chi connectivity index (χ3v) is 3.98. The Morgan fingerprint density at radius 2 is 1.87 bits per heavy atom. The number of aryl methyl sites for hydroxylation is 1. The van der Waals surface area contributed by atoms with Crippen LogP contribution in [-0.2, 0) is 0 Å². The number of thiophene rings is 1. The van der Waals surface area contributed by atoms with Gasteiger partial charge in [-0.1, -0.05) is 29.8 Å². The zero-order chi connectivity index (χ0) is 10.4. The molecule has 0 aliphatic heterocycles. The first-order valence-corrected chi connectivity index (χ1v) is 6.02. The fourth-order valence-corrected chi connectivity index (χ4v) is 3.58. The first-order valence-electron chi connectivity index (χ1n) is 4.83. The van der Waals surface area contributed by atoms with Crippen molar-refractivity contribution in [2.24, 2.45) is 0 Å². The van der Waals surface area contributed by atoms with Crippen molar-refractivity contribution in [2.75, 3.05) is 0 Å². The Kier molecular flexibility index (Phi) is 1.98. The van der Waals surface area contributed by atoms with Gasteiger partial charge in [0.15, 0.2) is 0 Å². The summed E-state index contributed by atoms with van der Waals surface area (Å²) in [5, 5.41) is 3.51. The first kappa shape index (κ1) is 9.20. The number of halogens is 1. The quantitative estimate of drug-likeness (QED) is 0.511. The van der Waals surface area contributed by atoms with E-state index in [0.717, 1.165) is 5.02 Å². The SMILES string of the molecule is Cc1cc(Cl)cc2sc3ccccc3c12. The van der Waals surface area contributed by atoms with Crippen molar-refractivity contribution in [2.45, 2.75) is 6.92 Å². The molecule has 0 radical (unpaired) electrons. The number of benzene rings is 2. The molecule has 15 heavy (non-hydrogen) atoms. The summed E-state index contributed by atoms with van der Waals surface area (Å²) < 4.78 is 2.61. The molecule has 2 heteroatoms. The summed E-state index contributed by atoms with van der Waals surface area (Å²) in [4.78, 5) is 0. The molecule has 74 valence electrons. The molecule has 0 aliphatic rings. The second-order valence-electron chi connectivity index (χ2n) is 3.69. The summed E-state index contributed by atoms with van der Waals surface area (Å²) in [6, 6.07) is 12.6. The van der Waals surface area contributed by atoms with Crippen molar-refractivity contribution < 1.29 is 0 Å². The molecule has 0 nitrogen and oxygen atoms in total. The van der Waals surface area contributed by atoms with Crippen LogP contribution in [0, 0.1) is 6.92 Å². The maximum absolute atomic E-state index is 6.06. The van der Waals surface area contributed by atoms with E-state index < -0.39 is 0 Å². The van der Waals surface area contributed by atoms with Gasteiger partial charge >= 0.3 is 0 Å². The van der Waals surface area contributed by atoms with E-state index >= 15 is 0 Å². The van der Waals surface area contributed by atoms with E-state index in [-0.39, 0.29) is 0 Å². The molecule has 1 aromatic heterocycles. The largest absolute Gasteiger partial charge is 0.135 e. The van der Waals surface area contributed by atoms with Crippen molar-refractivity contribution in [1.82, 2.24) is 0 Å². The zero-order valence-corrected chi connectivity index (χ0v) is 9.82. The highest BCUT2D eigenvalue weighted by atomic mass is 35.5. The topological polar surface area (TPSA) is 0 Å². The second-order valence-corrected chi connectivity index (χ2v) is 5.21. The second kappa shape index (κ2) is 3.22. The van der Waals surface area contributed by atoms with E-state index in [4.69, 9.17) is 11.6 Å². The Bertz CT molecular complexity index is 652. The van der Waals surface area contributed by atoms with E-state index in [9.17, 15) is 0 Å². The summed E-state index contributed by atoms with van der Waals surface area (Å²) in [5.74, 6) is 0. The lowest BCUT2D eigenvalue weighted by Crippen LogP contribution is -1.74. The van der Waals surface area contributed by atoms with Crippen LogP contribution in [0.3, 0.4) is 0 Å². The lowest BCUT2D eigenvalue weighted by Gasteiger charge is -1.98. The van der Waals surface area contributed by atoms with Crippen molar-refractivity contribution in [3.8, 4) is 0 Å². The number of hydrogen-bond acceptors (Lipinski definition) is 1. The van der Waals surface area contributed by atoms with Gasteiger partial charge in [-0.05, 0) is 30.7 Å². The third-order valence-electron chi connectivity index (χ3n) is 2.64. The molecule has 1 heterocycles. The first-order chi connectivity index (χ1) is 7.25. The Hall–Kier alpha value is -1.05. The molecule has 3 rings (SSSR count). The normalized spacial score (nSPS) is 11.3. The minimum Gasteiger partial charge on any atom is -0.135 e. The highest BCUT2D eigenvalue weighted by Crippen LogP contribution is 2.37. The van der Waals surface area contributed by atoms with Gasteiger partial charge in [-0.2, -0.15) is 0 Å². The van der Waals surface area contributed by atoms with Gasteiger partial charge in [-0.15, -0.1) is 11.3 Å². The van der Waals surface area contributed by atoms with Gasteiger partial charge in [-0.3, -0.25) is 0 Å². The summed E-state index contributed by atoms with van der Waals surface area (Å²) in [6.45, 7) is 2.12. The fourth-order valence-electron chi connectivity index (χ4n) is 2.02. The Morgan fingerprint density at radius 3 is 2.73 bits per heavy atom. The van der Waals surface area contributed by atoms with Crippen molar-refractivity contribution in [1.29, 1.82) is 0 Å². The summed E-state index contributed by atoms with van der Waals surface area (Å²) in [5.41, 5.74) is 1.26. The monoisotopic (exact) mass is 232 g/mol. The van der Waals surface area contributed by atoms with E-state index in [2.05, 4.69) is 37.3 Å². The van der Waals surface area contributed by atoms with Gasteiger partial charge in [0, 0.05) is 25.2 Å². The van der Waals surface area contributed by atoms with E-state index in [0.29, 0.717) is 0 Å². The molecule has 0 N–H and O–H groups in total. The highest BCUT2D eigenvalue weighted by Gasteiger charge is 2.07. The smallest absolute Gasteiger partial charge is 0.0423 e. The van der Waals surface area contributed by atoms with Crippen molar-refractivity contribution in [3.05, 3.63) is 47.0 Å². The lowest BCUT2D eigenvalue weighted by atomic mass is 10.1. The standard InChI is InChI=1S/C13H9ClS/c1-8-6-9(14)7-12-13(8)10-4-2-3-5-11(10)15-12/h2-7H,1H3. The minimum absolute atomic E-state index is 0.826. The molecule has 0 saturated carbocycles. The van der Waals surface area contributed by atoms with Gasteiger partial charge in [0.1, 0.15) is 0 Å². The molecule has 0 bridgehead atoms. The van der Waals surface area contributed by atoms with Gasteiger partial charge in [0.2, 0.25) is 0 Å². The van der Waals surface area contributed by atoms with Crippen LogP contribution in [0.1, 0.15) is 5.56 Å². The number of hydrogen-bond donors (Lipinski definition) is 0. The molecule has 0 spiro atoms.